The van der Waals surface area contributed by atoms with Crippen LogP contribution in [0.25, 0.3) is 0 Å². The van der Waals surface area contributed by atoms with Crippen LogP contribution in [0, 0.1) is 0 Å². The van der Waals surface area contributed by atoms with Crippen molar-refractivity contribution in [3.05, 3.63) is 23.8 Å². The van der Waals surface area contributed by atoms with E-state index in [0.29, 0.717) is 23.6 Å². The van der Waals surface area contributed by atoms with Gasteiger partial charge in [0.15, 0.2) is 5.78 Å². The Kier molecular flexibility index (Phi) is 4.97. The van der Waals surface area contributed by atoms with E-state index in [1.165, 1.54) is 0 Å². The molecular formula is C13H19NO3. The first-order valence-electron chi connectivity index (χ1n) is 5.57. The second-order valence-electron chi connectivity index (χ2n) is 4.02. The van der Waals surface area contributed by atoms with Gasteiger partial charge in [0.05, 0.1) is 26.3 Å². The normalized spacial score (nSPS) is 10.4. The van der Waals surface area contributed by atoms with Crippen molar-refractivity contribution in [3.63, 3.8) is 0 Å². The van der Waals surface area contributed by atoms with Gasteiger partial charge in [0.25, 0.3) is 0 Å². The molecule has 17 heavy (non-hydrogen) atoms. The third-order valence-electron chi connectivity index (χ3n) is 2.38. The SMILES string of the molecule is COc1ccc(OC)c(C(=O)CNC(C)C)c1. The molecule has 4 nitrogen and oxygen atoms in total. The Morgan fingerprint density at radius 1 is 1.29 bits per heavy atom. The van der Waals surface area contributed by atoms with Gasteiger partial charge in [0.1, 0.15) is 11.5 Å². The third kappa shape index (κ3) is 3.75. The molecule has 1 rings (SSSR count). The van der Waals surface area contributed by atoms with Gasteiger partial charge >= 0.3 is 0 Å². The standard InChI is InChI=1S/C13H19NO3/c1-9(2)14-8-12(15)11-7-10(16-3)5-6-13(11)17-4/h5-7,9,14H,8H2,1-4H3. The summed E-state index contributed by atoms with van der Waals surface area (Å²) in [6.07, 6.45) is 0. The molecule has 0 heterocycles. The second-order valence-corrected chi connectivity index (χ2v) is 4.02. The number of carbonyl (C=O) groups excluding carboxylic acids is 1. The van der Waals surface area contributed by atoms with Crippen molar-refractivity contribution in [3.8, 4) is 11.5 Å². The van der Waals surface area contributed by atoms with E-state index in [1.807, 2.05) is 13.8 Å². The highest BCUT2D eigenvalue weighted by atomic mass is 16.5. The Balaban J connectivity index is 2.89. The largest absolute Gasteiger partial charge is 0.497 e. The molecule has 0 saturated carbocycles. The summed E-state index contributed by atoms with van der Waals surface area (Å²) in [6, 6.07) is 5.48. The van der Waals surface area contributed by atoms with E-state index in [2.05, 4.69) is 5.32 Å². The van der Waals surface area contributed by atoms with Gasteiger partial charge in [-0.2, -0.15) is 0 Å². The van der Waals surface area contributed by atoms with Crippen LogP contribution in [0.1, 0.15) is 24.2 Å². The minimum atomic E-state index is -0.00514. The van der Waals surface area contributed by atoms with E-state index in [4.69, 9.17) is 9.47 Å². The highest BCUT2D eigenvalue weighted by molar-refractivity contribution is 6.00. The molecule has 0 saturated heterocycles. The first-order valence-corrected chi connectivity index (χ1v) is 5.57. The number of benzene rings is 1. The van der Waals surface area contributed by atoms with E-state index in [9.17, 15) is 4.79 Å². The van der Waals surface area contributed by atoms with Crippen molar-refractivity contribution < 1.29 is 14.3 Å². The minimum Gasteiger partial charge on any atom is -0.497 e. The quantitative estimate of drug-likeness (QED) is 0.767. The maximum absolute atomic E-state index is 12.0. The number of hydrogen-bond donors (Lipinski definition) is 1. The van der Waals surface area contributed by atoms with Crippen LogP contribution in [0.15, 0.2) is 18.2 Å². The highest BCUT2D eigenvalue weighted by Crippen LogP contribution is 2.24. The number of Topliss-reactive ketones (excluding diaryl/α,β-unsaturated/α-hetero) is 1. The lowest BCUT2D eigenvalue weighted by Crippen LogP contribution is -2.29. The van der Waals surface area contributed by atoms with Crippen LogP contribution in [-0.2, 0) is 0 Å². The summed E-state index contributed by atoms with van der Waals surface area (Å²) in [4.78, 5) is 12.0. The van der Waals surface area contributed by atoms with E-state index in [-0.39, 0.29) is 11.8 Å². The average molecular weight is 237 g/mol. The van der Waals surface area contributed by atoms with Crippen LogP contribution in [0.4, 0.5) is 0 Å². The molecule has 0 fully saturated rings. The maximum atomic E-state index is 12.0. The van der Waals surface area contributed by atoms with Crippen molar-refractivity contribution in [1.82, 2.24) is 5.32 Å². The smallest absolute Gasteiger partial charge is 0.180 e. The van der Waals surface area contributed by atoms with Crippen LogP contribution in [-0.4, -0.2) is 32.6 Å². The molecule has 0 aromatic heterocycles. The van der Waals surface area contributed by atoms with Crippen LogP contribution < -0.4 is 14.8 Å². The Bertz CT molecular complexity index is 388. The topological polar surface area (TPSA) is 47.6 Å². The molecule has 4 heteroatoms. The Labute approximate surface area is 102 Å². The summed E-state index contributed by atoms with van der Waals surface area (Å²) in [7, 11) is 3.12. The van der Waals surface area contributed by atoms with Crippen LogP contribution in [0.2, 0.25) is 0 Å². The number of carbonyl (C=O) groups is 1. The van der Waals surface area contributed by atoms with E-state index in [0.717, 1.165) is 0 Å². The summed E-state index contributed by atoms with van der Waals surface area (Å²) in [5.74, 6) is 1.22. The minimum absolute atomic E-state index is 0.00514. The molecule has 0 bridgehead atoms. The van der Waals surface area contributed by atoms with Crippen molar-refractivity contribution in [1.29, 1.82) is 0 Å². The molecule has 0 aliphatic rings. The highest BCUT2D eigenvalue weighted by Gasteiger charge is 2.13. The van der Waals surface area contributed by atoms with Gasteiger partial charge in [-0.05, 0) is 18.2 Å². The van der Waals surface area contributed by atoms with Crippen molar-refractivity contribution in [2.75, 3.05) is 20.8 Å². The predicted molar refractivity (Wildman–Crippen MR) is 67.0 cm³/mol. The van der Waals surface area contributed by atoms with Gasteiger partial charge in [-0.3, -0.25) is 4.79 Å². The molecule has 0 aliphatic heterocycles. The Hall–Kier alpha value is -1.55. The van der Waals surface area contributed by atoms with E-state index in [1.54, 1.807) is 32.4 Å². The number of rotatable bonds is 6. The predicted octanol–water partition coefficient (Wildman–Crippen LogP) is 1.88. The summed E-state index contributed by atoms with van der Waals surface area (Å²) < 4.78 is 10.3. The average Bonchev–Trinajstić information content (AvgIpc) is 2.34. The maximum Gasteiger partial charge on any atom is 0.180 e. The second kappa shape index (κ2) is 6.25. The molecule has 0 aliphatic carbocycles. The molecule has 0 radical (unpaired) electrons. The first-order chi connectivity index (χ1) is 8.08. The number of ketones is 1. The Morgan fingerprint density at radius 2 is 2.00 bits per heavy atom. The molecule has 1 N–H and O–H groups in total. The molecular weight excluding hydrogens is 218 g/mol. The lowest BCUT2D eigenvalue weighted by molar-refractivity contribution is 0.0985. The van der Waals surface area contributed by atoms with Gasteiger partial charge < -0.3 is 14.8 Å². The summed E-state index contributed by atoms with van der Waals surface area (Å²) >= 11 is 0. The number of methoxy groups -OCH3 is 2. The van der Waals surface area contributed by atoms with Crippen LogP contribution in [0.3, 0.4) is 0 Å². The Morgan fingerprint density at radius 3 is 2.53 bits per heavy atom. The zero-order valence-electron chi connectivity index (χ0n) is 10.7. The van der Waals surface area contributed by atoms with E-state index >= 15 is 0 Å². The molecule has 1 aromatic rings. The summed E-state index contributed by atoms with van der Waals surface area (Å²) in [6.45, 7) is 4.29. The van der Waals surface area contributed by atoms with Crippen LogP contribution >= 0.6 is 0 Å². The zero-order chi connectivity index (χ0) is 12.8. The van der Waals surface area contributed by atoms with Gasteiger partial charge in [-0.25, -0.2) is 0 Å². The molecule has 1 aromatic carbocycles. The number of ether oxygens (including phenoxy) is 2. The van der Waals surface area contributed by atoms with Crippen LogP contribution in [0.5, 0.6) is 11.5 Å². The summed E-state index contributed by atoms with van der Waals surface area (Å²) in [5, 5.41) is 3.09. The molecule has 0 atom stereocenters. The number of nitrogens with one attached hydrogen (secondary N) is 1. The van der Waals surface area contributed by atoms with E-state index < -0.39 is 0 Å². The van der Waals surface area contributed by atoms with Crippen molar-refractivity contribution >= 4 is 5.78 Å². The molecule has 0 amide bonds. The van der Waals surface area contributed by atoms with Gasteiger partial charge in [0, 0.05) is 6.04 Å². The fourth-order valence-corrected chi connectivity index (χ4v) is 1.42. The fraction of sp³-hybridized carbons (Fsp3) is 0.462. The van der Waals surface area contributed by atoms with Gasteiger partial charge in [-0.1, -0.05) is 13.8 Å². The van der Waals surface area contributed by atoms with Crippen molar-refractivity contribution in [2.24, 2.45) is 0 Å². The number of hydrogen-bond acceptors (Lipinski definition) is 4. The monoisotopic (exact) mass is 237 g/mol. The van der Waals surface area contributed by atoms with Gasteiger partial charge in [-0.15, -0.1) is 0 Å². The van der Waals surface area contributed by atoms with Gasteiger partial charge in [0.2, 0.25) is 0 Å². The molecule has 94 valence electrons. The first kappa shape index (κ1) is 13.5. The summed E-state index contributed by atoms with van der Waals surface area (Å²) in [5.41, 5.74) is 0.542. The third-order valence-corrected chi connectivity index (χ3v) is 2.38. The lowest BCUT2D eigenvalue weighted by Gasteiger charge is -2.11. The fourth-order valence-electron chi connectivity index (χ4n) is 1.42. The molecule has 0 spiro atoms. The lowest BCUT2D eigenvalue weighted by atomic mass is 10.1. The van der Waals surface area contributed by atoms with Crippen molar-refractivity contribution in [2.45, 2.75) is 19.9 Å². The molecule has 0 unspecified atom stereocenters. The zero-order valence-corrected chi connectivity index (χ0v) is 10.7.